The molecule has 0 spiro atoms. The number of nitrogens with zero attached hydrogens (tertiary/aromatic N) is 3. The van der Waals surface area contributed by atoms with Crippen LogP contribution in [0.15, 0.2) is 30.9 Å². The third kappa shape index (κ3) is 2.58. The minimum atomic E-state index is -0.515. The number of hydrogen-bond donors (Lipinski definition) is 2. The topological polar surface area (TPSA) is 92.8 Å². The van der Waals surface area contributed by atoms with Crippen molar-refractivity contribution in [1.82, 2.24) is 19.9 Å². The van der Waals surface area contributed by atoms with Crippen molar-refractivity contribution < 1.29 is 13.9 Å². The first-order valence-electron chi connectivity index (χ1n) is 6.43. The average Bonchev–Trinajstić information content (AvgIpc) is 3.02. The third-order valence-electron chi connectivity index (χ3n) is 3.14. The molecule has 0 atom stereocenters. The van der Waals surface area contributed by atoms with Gasteiger partial charge in [0.1, 0.15) is 17.7 Å². The number of fused-ring (bicyclic) bond motifs is 1. The van der Waals surface area contributed by atoms with Crippen molar-refractivity contribution in [3.05, 3.63) is 47.8 Å². The molecule has 1 aromatic carbocycles. The molecule has 0 radical (unpaired) electrons. The summed E-state index contributed by atoms with van der Waals surface area (Å²) in [5, 5.41) is 3.00. The fraction of sp³-hybridized carbons (Fsp3) is 0.143. The number of anilines is 1. The van der Waals surface area contributed by atoms with E-state index in [1.165, 1.54) is 38.0 Å². The van der Waals surface area contributed by atoms with Gasteiger partial charge in [-0.25, -0.2) is 24.1 Å². The van der Waals surface area contributed by atoms with Crippen LogP contribution in [0.4, 0.5) is 10.2 Å². The molecule has 22 heavy (non-hydrogen) atoms. The lowest BCUT2D eigenvalue weighted by molar-refractivity contribution is 0.0600. The number of aromatic amines is 1. The highest BCUT2D eigenvalue weighted by atomic mass is 19.1. The molecule has 0 bridgehead atoms. The molecule has 0 aliphatic rings. The minimum Gasteiger partial charge on any atom is -0.465 e. The molecule has 0 aliphatic heterocycles. The smallest absolute Gasteiger partial charge is 0.337 e. The maximum absolute atomic E-state index is 13.8. The van der Waals surface area contributed by atoms with Crippen molar-refractivity contribution in [2.24, 2.45) is 0 Å². The normalized spacial score (nSPS) is 10.6. The Morgan fingerprint density at radius 3 is 3.05 bits per heavy atom. The second-order valence-corrected chi connectivity index (χ2v) is 4.47. The molecule has 0 aliphatic carbocycles. The molecule has 3 aromatic rings. The lowest BCUT2D eigenvalue weighted by Gasteiger charge is -2.08. The summed E-state index contributed by atoms with van der Waals surface area (Å²) in [5.41, 5.74) is 1.76. The average molecular weight is 301 g/mol. The highest BCUT2D eigenvalue weighted by molar-refractivity contribution is 5.89. The quantitative estimate of drug-likeness (QED) is 0.715. The highest BCUT2D eigenvalue weighted by Gasteiger charge is 2.11. The maximum atomic E-state index is 13.8. The van der Waals surface area contributed by atoms with Crippen molar-refractivity contribution in [2.45, 2.75) is 6.54 Å². The summed E-state index contributed by atoms with van der Waals surface area (Å²) >= 11 is 0. The Morgan fingerprint density at radius 2 is 2.23 bits per heavy atom. The van der Waals surface area contributed by atoms with Crippen LogP contribution in [0.5, 0.6) is 0 Å². The Bertz CT molecular complexity index is 833. The van der Waals surface area contributed by atoms with Crippen molar-refractivity contribution in [2.75, 3.05) is 12.4 Å². The van der Waals surface area contributed by atoms with Crippen LogP contribution in [0.1, 0.15) is 15.9 Å². The van der Waals surface area contributed by atoms with Crippen LogP contribution in [-0.4, -0.2) is 33.0 Å². The molecular formula is C14H12FN5O2. The summed E-state index contributed by atoms with van der Waals surface area (Å²) in [7, 11) is 1.28. The van der Waals surface area contributed by atoms with E-state index in [2.05, 4.69) is 30.0 Å². The molecular weight excluding hydrogens is 289 g/mol. The zero-order valence-corrected chi connectivity index (χ0v) is 11.6. The number of H-pyrrole nitrogens is 1. The number of esters is 1. The van der Waals surface area contributed by atoms with E-state index in [9.17, 15) is 9.18 Å². The van der Waals surface area contributed by atoms with Gasteiger partial charge in [0.15, 0.2) is 11.5 Å². The van der Waals surface area contributed by atoms with Crippen molar-refractivity contribution in [3.63, 3.8) is 0 Å². The number of rotatable bonds is 4. The van der Waals surface area contributed by atoms with E-state index in [1.54, 1.807) is 0 Å². The number of carbonyl (C=O) groups is 1. The lowest BCUT2D eigenvalue weighted by atomic mass is 10.1. The van der Waals surface area contributed by atoms with Gasteiger partial charge in [-0.1, -0.05) is 0 Å². The summed E-state index contributed by atoms with van der Waals surface area (Å²) in [6, 6.07) is 4.05. The number of carbonyl (C=O) groups excluding carboxylic acids is 1. The van der Waals surface area contributed by atoms with Crippen molar-refractivity contribution in [1.29, 1.82) is 0 Å². The SMILES string of the molecule is COC(=O)c1ccc(F)c(CNc2ncnc3nc[nH]c23)c1. The summed E-state index contributed by atoms with van der Waals surface area (Å²) in [6.45, 7) is 0.155. The van der Waals surface area contributed by atoms with Gasteiger partial charge in [-0.3, -0.25) is 0 Å². The number of methoxy groups -OCH3 is 1. The standard InChI is InChI=1S/C14H12FN5O2/c1-22-14(21)8-2-3-10(15)9(4-8)5-16-12-11-13(18-6-17-11)20-7-19-12/h2-4,6-7H,5H2,1H3,(H2,16,17,18,19,20). The molecule has 2 N–H and O–H groups in total. The molecule has 0 fully saturated rings. The number of hydrogen-bond acceptors (Lipinski definition) is 6. The Hall–Kier alpha value is -3.03. The molecule has 112 valence electrons. The monoisotopic (exact) mass is 301 g/mol. The van der Waals surface area contributed by atoms with Crippen LogP contribution in [0, 0.1) is 5.82 Å². The molecule has 0 unspecified atom stereocenters. The van der Waals surface area contributed by atoms with Crippen LogP contribution >= 0.6 is 0 Å². The number of halogens is 1. The number of aromatic nitrogens is 4. The van der Waals surface area contributed by atoms with Gasteiger partial charge in [-0.15, -0.1) is 0 Å². The molecule has 2 heterocycles. The molecule has 8 heteroatoms. The molecule has 2 aromatic heterocycles. The second kappa shape index (κ2) is 5.76. The minimum absolute atomic E-state index is 0.155. The van der Waals surface area contributed by atoms with E-state index < -0.39 is 11.8 Å². The zero-order chi connectivity index (χ0) is 15.5. The lowest BCUT2D eigenvalue weighted by Crippen LogP contribution is -2.07. The van der Waals surface area contributed by atoms with Crippen molar-refractivity contribution in [3.8, 4) is 0 Å². The summed E-state index contributed by atoms with van der Waals surface area (Å²) in [4.78, 5) is 26.5. The van der Waals surface area contributed by atoms with Crippen LogP contribution in [-0.2, 0) is 11.3 Å². The van der Waals surface area contributed by atoms with E-state index in [0.29, 0.717) is 22.5 Å². The van der Waals surface area contributed by atoms with E-state index in [-0.39, 0.29) is 12.1 Å². The van der Waals surface area contributed by atoms with E-state index in [1.807, 2.05) is 0 Å². The number of nitrogens with one attached hydrogen (secondary N) is 2. The molecule has 0 amide bonds. The highest BCUT2D eigenvalue weighted by Crippen LogP contribution is 2.17. The Balaban J connectivity index is 1.84. The van der Waals surface area contributed by atoms with Gasteiger partial charge in [0, 0.05) is 12.1 Å². The zero-order valence-electron chi connectivity index (χ0n) is 11.6. The Morgan fingerprint density at radius 1 is 1.36 bits per heavy atom. The van der Waals surface area contributed by atoms with Crippen LogP contribution in [0.25, 0.3) is 11.2 Å². The predicted octanol–water partition coefficient (Wildman–Crippen LogP) is 1.89. The molecule has 0 saturated carbocycles. The molecule has 7 nitrogen and oxygen atoms in total. The fourth-order valence-electron chi connectivity index (χ4n) is 2.03. The van der Waals surface area contributed by atoms with Gasteiger partial charge < -0.3 is 15.0 Å². The van der Waals surface area contributed by atoms with E-state index in [4.69, 9.17) is 0 Å². The largest absolute Gasteiger partial charge is 0.465 e. The van der Waals surface area contributed by atoms with Gasteiger partial charge in [-0.05, 0) is 18.2 Å². The van der Waals surface area contributed by atoms with E-state index in [0.717, 1.165) is 0 Å². The fourth-order valence-corrected chi connectivity index (χ4v) is 2.03. The predicted molar refractivity (Wildman–Crippen MR) is 76.7 cm³/mol. The second-order valence-electron chi connectivity index (χ2n) is 4.47. The van der Waals surface area contributed by atoms with Crippen LogP contribution < -0.4 is 5.32 Å². The van der Waals surface area contributed by atoms with Gasteiger partial charge in [0.25, 0.3) is 0 Å². The summed E-state index contributed by atoms with van der Waals surface area (Å²) < 4.78 is 18.5. The van der Waals surface area contributed by atoms with Crippen LogP contribution in [0.3, 0.4) is 0 Å². The Kier molecular flexibility index (Phi) is 3.65. The number of benzene rings is 1. The first kappa shape index (κ1) is 13.9. The number of ether oxygens (including phenoxy) is 1. The van der Waals surface area contributed by atoms with Gasteiger partial charge in [-0.2, -0.15) is 0 Å². The van der Waals surface area contributed by atoms with Crippen molar-refractivity contribution >= 4 is 23.0 Å². The first-order chi connectivity index (χ1) is 10.7. The van der Waals surface area contributed by atoms with Gasteiger partial charge in [0.05, 0.1) is 19.0 Å². The molecule has 0 saturated heterocycles. The first-order valence-corrected chi connectivity index (χ1v) is 6.43. The summed E-state index contributed by atoms with van der Waals surface area (Å²) in [5.74, 6) is -0.431. The number of imidazole rings is 1. The Labute approximate surface area is 124 Å². The summed E-state index contributed by atoms with van der Waals surface area (Å²) in [6.07, 6.45) is 2.87. The van der Waals surface area contributed by atoms with E-state index >= 15 is 0 Å². The maximum Gasteiger partial charge on any atom is 0.337 e. The van der Waals surface area contributed by atoms with Crippen LogP contribution in [0.2, 0.25) is 0 Å². The third-order valence-corrected chi connectivity index (χ3v) is 3.14. The van der Waals surface area contributed by atoms with Gasteiger partial charge >= 0.3 is 5.97 Å². The van der Waals surface area contributed by atoms with Gasteiger partial charge in [0.2, 0.25) is 0 Å². The molecule has 3 rings (SSSR count).